The van der Waals surface area contributed by atoms with Crippen molar-refractivity contribution in [2.75, 3.05) is 17.7 Å². The van der Waals surface area contributed by atoms with Crippen LogP contribution in [-0.2, 0) is 6.18 Å². The first-order chi connectivity index (χ1) is 13.4. The molecule has 9 heteroatoms. The Labute approximate surface area is 158 Å². The van der Waals surface area contributed by atoms with Crippen molar-refractivity contribution in [3.63, 3.8) is 0 Å². The Morgan fingerprint density at radius 1 is 1.04 bits per heavy atom. The quantitative estimate of drug-likeness (QED) is 0.673. The highest BCUT2D eigenvalue weighted by Crippen LogP contribution is 2.35. The maximum absolute atomic E-state index is 13.1. The first-order valence-corrected chi connectivity index (χ1v) is 8.07. The number of nitrogens with one attached hydrogen (secondary N) is 2. The molecule has 0 aliphatic heterocycles. The molecule has 2 aromatic carbocycles. The number of methoxy groups -OCH3 is 1. The van der Waals surface area contributed by atoms with Crippen molar-refractivity contribution >= 4 is 23.1 Å². The standard InChI is InChI=1S/C19H15F3N4O2/c1-28-13-6-4-5-12(9-13)25-18(27)16-10-17(24-11-23-16)26-15-8-3-2-7-14(15)19(20,21)22/h2-11H,1H3,(H,25,27)(H,23,24,26). The first kappa shape index (κ1) is 19.2. The highest BCUT2D eigenvalue weighted by atomic mass is 19.4. The average Bonchev–Trinajstić information content (AvgIpc) is 2.68. The summed E-state index contributed by atoms with van der Waals surface area (Å²) in [5.41, 5.74) is -0.534. The maximum atomic E-state index is 13.1. The zero-order valence-corrected chi connectivity index (χ0v) is 14.6. The van der Waals surface area contributed by atoms with Crippen LogP contribution in [0.1, 0.15) is 16.1 Å². The van der Waals surface area contributed by atoms with E-state index in [1.165, 1.54) is 31.4 Å². The summed E-state index contributed by atoms with van der Waals surface area (Å²) in [4.78, 5) is 20.2. The Bertz CT molecular complexity index is 993. The molecule has 1 heterocycles. The van der Waals surface area contributed by atoms with E-state index in [1.54, 1.807) is 24.3 Å². The lowest BCUT2D eigenvalue weighted by Gasteiger charge is -2.14. The number of alkyl halides is 3. The van der Waals surface area contributed by atoms with Gasteiger partial charge < -0.3 is 15.4 Å². The molecule has 0 fully saturated rings. The minimum atomic E-state index is -4.52. The summed E-state index contributed by atoms with van der Waals surface area (Å²) in [6.45, 7) is 0. The Kier molecular flexibility index (Phi) is 5.44. The average molecular weight is 388 g/mol. The summed E-state index contributed by atoms with van der Waals surface area (Å²) in [5.74, 6) is 0.0805. The molecule has 0 bridgehead atoms. The van der Waals surface area contributed by atoms with Crippen molar-refractivity contribution in [3.8, 4) is 5.75 Å². The van der Waals surface area contributed by atoms with Crippen molar-refractivity contribution in [3.05, 3.63) is 72.2 Å². The van der Waals surface area contributed by atoms with E-state index in [2.05, 4.69) is 20.6 Å². The number of amides is 1. The number of ether oxygens (including phenoxy) is 1. The number of benzene rings is 2. The molecule has 0 aliphatic rings. The van der Waals surface area contributed by atoms with Gasteiger partial charge in [0.15, 0.2) is 0 Å². The molecule has 28 heavy (non-hydrogen) atoms. The molecule has 0 saturated heterocycles. The topological polar surface area (TPSA) is 76.1 Å². The Morgan fingerprint density at radius 2 is 1.82 bits per heavy atom. The molecule has 144 valence electrons. The second kappa shape index (κ2) is 7.95. The summed E-state index contributed by atoms with van der Waals surface area (Å²) >= 11 is 0. The fourth-order valence-corrected chi connectivity index (χ4v) is 2.42. The van der Waals surface area contributed by atoms with E-state index in [0.29, 0.717) is 11.4 Å². The fourth-order valence-electron chi connectivity index (χ4n) is 2.42. The third kappa shape index (κ3) is 4.56. The van der Waals surface area contributed by atoms with E-state index in [0.717, 1.165) is 12.4 Å². The van der Waals surface area contributed by atoms with Crippen LogP contribution in [0.5, 0.6) is 5.75 Å². The molecular formula is C19H15F3N4O2. The van der Waals surface area contributed by atoms with Crippen molar-refractivity contribution in [1.82, 2.24) is 9.97 Å². The number of nitrogens with zero attached hydrogens (tertiary/aromatic N) is 2. The number of carbonyl (C=O) groups excluding carboxylic acids is 1. The normalized spacial score (nSPS) is 11.0. The van der Waals surface area contributed by atoms with Gasteiger partial charge in [-0.1, -0.05) is 18.2 Å². The number of para-hydroxylation sites is 1. The number of halogens is 3. The SMILES string of the molecule is COc1cccc(NC(=O)c2cc(Nc3ccccc3C(F)(F)F)ncn2)c1. The van der Waals surface area contributed by atoms with Crippen LogP contribution in [0.3, 0.4) is 0 Å². The molecule has 2 N–H and O–H groups in total. The molecule has 3 aromatic rings. The summed E-state index contributed by atoms with van der Waals surface area (Å²) in [6.07, 6.45) is -3.43. The summed E-state index contributed by atoms with van der Waals surface area (Å²) in [5, 5.41) is 5.23. The third-order valence-corrected chi connectivity index (χ3v) is 3.72. The zero-order valence-electron chi connectivity index (χ0n) is 14.6. The van der Waals surface area contributed by atoms with E-state index < -0.39 is 17.6 Å². The summed E-state index contributed by atoms with van der Waals surface area (Å²) < 4.78 is 44.4. The van der Waals surface area contributed by atoms with Crippen molar-refractivity contribution < 1.29 is 22.7 Å². The van der Waals surface area contributed by atoms with Crippen LogP contribution < -0.4 is 15.4 Å². The van der Waals surface area contributed by atoms with Crippen LogP contribution in [0.2, 0.25) is 0 Å². The van der Waals surface area contributed by atoms with E-state index in [4.69, 9.17) is 4.74 Å². The van der Waals surface area contributed by atoms with Crippen molar-refractivity contribution in [2.45, 2.75) is 6.18 Å². The minimum absolute atomic E-state index is 0.00944. The van der Waals surface area contributed by atoms with Crippen LogP contribution in [-0.4, -0.2) is 23.0 Å². The fraction of sp³-hybridized carbons (Fsp3) is 0.105. The van der Waals surface area contributed by atoms with Crippen LogP contribution in [0.4, 0.5) is 30.4 Å². The number of carbonyl (C=O) groups is 1. The van der Waals surface area contributed by atoms with Gasteiger partial charge in [0.1, 0.15) is 23.6 Å². The van der Waals surface area contributed by atoms with E-state index in [9.17, 15) is 18.0 Å². The van der Waals surface area contributed by atoms with Crippen LogP contribution in [0, 0.1) is 0 Å². The molecular weight excluding hydrogens is 373 g/mol. The molecule has 3 rings (SSSR count). The molecule has 1 amide bonds. The van der Waals surface area contributed by atoms with Gasteiger partial charge in [-0.3, -0.25) is 4.79 Å². The Morgan fingerprint density at radius 3 is 2.57 bits per heavy atom. The monoisotopic (exact) mass is 388 g/mol. The van der Waals surface area contributed by atoms with Gasteiger partial charge in [-0.25, -0.2) is 9.97 Å². The lowest BCUT2D eigenvalue weighted by Crippen LogP contribution is -2.14. The number of anilines is 3. The molecule has 0 atom stereocenters. The molecule has 0 aliphatic carbocycles. The van der Waals surface area contributed by atoms with Gasteiger partial charge in [-0.2, -0.15) is 13.2 Å². The second-order valence-corrected chi connectivity index (χ2v) is 5.64. The highest BCUT2D eigenvalue weighted by molar-refractivity contribution is 6.03. The zero-order chi connectivity index (χ0) is 20.1. The predicted octanol–water partition coefficient (Wildman–Crippen LogP) is 4.50. The van der Waals surface area contributed by atoms with Gasteiger partial charge in [0.25, 0.3) is 5.91 Å². The van der Waals surface area contributed by atoms with Crippen molar-refractivity contribution in [1.29, 1.82) is 0 Å². The predicted molar refractivity (Wildman–Crippen MR) is 97.7 cm³/mol. The third-order valence-electron chi connectivity index (χ3n) is 3.72. The number of rotatable bonds is 5. The number of hydrogen-bond acceptors (Lipinski definition) is 5. The molecule has 0 spiro atoms. The Hall–Kier alpha value is -3.62. The van der Waals surface area contributed by atoms with Crippen molar-refractivity contribution in [2.24, 2.45) is 0 Å². The van der Waals surface area contributed by atoms with E-state index in [1.807, 2.05) is 0 Å². The molecule has 0 unspecified atom stereocenters. The maximum Gasteiger partial charge on any atom is 0.418 e. The van der Waals surface area contributed by atoms with E-state index in [-0.39, 0.29) is 17.2 Å². The largest absolute Gasteiger partial charge is 0.497 e. The van der Waals surface area contributed by atoms with Gasteiger partial charge in [0, 0.05) is 17.8 Å². The van der Waals surface area contributed by atoms with Crippen LogP contribution >= 0.6 is 0 Å². The number of aromatic nitrogens is 2. The first-order valence-electron chi connectivity index (χ1n) is 8.07. The Balaban J connectivity index is 1.80. The molecule has 0 saturated carbocycles. The smallest absolute Gasteiger partial charge is 0.418 e. The van der Waals surface area contributed by atoms with Gasteiger partial charge in [0.2, 0.25) is 0 Å². The van der Waals surface area contributed by atoms with Crippen LogP contribution in [0.15, 0.2) is 60.9 Å². The van der Waals surface area contributed by atoms with E-state index >= 15 is 0 Å². The summed E-state index contributed by atoms with van der Waals surface area (Å²) in [6, 6.07) is 13.0. The summed E-state index contributed by atoms with van der Waals surface area (Å²) in [7, 11) is 1.50. The molecule has 6 nitrogen and oxygen atoms in total. The highest BCUT2D eigenvalue weighted by Gasteiger charge is 2.33. The lowest BCUT2D eigenvalue weighted by molar-refractivity contribution is -0.136. The lowest BCUT2D eigenvalue weighted by atomic mass is 10.1. The van der Waals surface area contributed by atoms with Gasteiger partial charge in [0.05, 0.1) is 18.4 Å². The second-order valence-electron chi connectivity index (χ2n) is 5.64. The molecule has 0 radical (unpaired) electrons. The molecule has 1 aromatic heterocycles. The van der Waals surface area contributed by atoms with Crippen LogP contribution in [0.25, 0.3) is 0 Å². The number of hydrogen-bond donors (Lipinski definition) is 2. The van der Waals surface area contributed by atoms with Gasteiger partial charge in [-0.05, 0) is 24.3 Å². The minimum Gasteiger partial charge on any atom is -0.497 e. The van der Waals surface area contributed by atoms with Gasteiger partial charge in [-0.15, -0.1) is 0 Å². The van der Waals surface area contributed by atoms with Gasteiger partial charge >= 0.3 is 6.18 Å².